The molecule has 4 rings (SSSR count). The summed E-state index contributed by atoms with van der Waals surface area (Å²) in [6, 6.07) is 17.6. The molecule has 0 radical (unpaired) electrons. The van der Waals surface area contributed by atoms with E-state index in [0.717, 1.165) is 53.2 Å². The van der Waals surface area contributed by atoms with Gasteiger partial charge in [-0.25, -0.2) is 12.8 Å². The molecule has 0 heterocycles. The summed E-state index contributed by atoms with van der Waals surface area (Å²) in [6.45, 7) is 5.42. The maximum atomic E-state index is 14.1. The molecule has 0 spiro atoms. The molecule has 8 nitrogen and oxygen atoms in total. The quantitative estimate of drug-likeness (QED) is 0.310. The van der Waals surface area contributed by atoms with Gasteiger partial charge in [0.2, 0.25) is 11.8 Å². The number of anilines is 1. The van der Waals surface area contributed by atoms with Gasteiger partial charge in [0, 0.05) is 12.6 Å². The van der Waals surface area contributed by atoms with E-state index in [1.807, 2.05) is 38.1 Å². The highest BCUT2D eigenvalue weighted by atomic mass is 32.2. The molecule has 1 unspecified atom stereocenters. The Morgan fingerprint density at radius 1 is 1.02 bits per heavy atom. The lowest BCUT2D eigenvalue weighted by Gasteiger charge is -2.32. The number of carbonyl (C=O) groups is 2. The van der Waals surface area contributed by atoms with Gasteiger partial charge in [0.25, 0.3) is 10.0 Å². The van der Waals surface area contributed by atoms with E-state index in [-0.39, 0.29) is 29.1 Å². The fourth-order valence-corrected chi connectivity index (χ4v) is 6.53. The molecule has 0 aliphatic heterocycles. The first kappa shape index (κ1) is 31.0. The average Bonchev–Trinajstić information content (AvgIpc) is 3.48. The molecule has 224 valence electrons. The van der Waals surface area contributed by atoms with Crippen LogP contribution in [-0.4, -0.2) is 50.4 Å². The fraction of sp³-hybridized carbons (Fsp3) is 0.375. The van der Waals surface area contributed by atoms with Crippen LogP contribution in [0.2, 0.25) is 0 Å². The van der Waals surface area contributed by atoms with Crippen LogP contribution in [0.4, 0.5) is 10.1 Å². The average molecular weight is 596 g/mol. The van der Waals surface area contributed by atoms with Crippen LogP contribution in [0.15, 0.2) is 77.7 Å². The second-order valence-electron chi connectivity index (χ2n) is 10.6. The largest absolute Gasteiger partial charge is 0.494 e. The Hall–Kier alpha value is -3.92. The van der Waals surface area contributed by atoms with Crippen molar-refractivity contribution in [1.82, 2.24) is 10.2 Å². The van der Waals surface area contributed by atoms with Gasteiger partial charge in [-0.2, -0.15) is 0 Å². The van der Waals surface area contributed by atoms with Gasteiger partial charge in [-0.15, -0.1) is 0 Å². The maximum absolute atomic E-state index is 14.1. The number of sulfonamides is 1. The first-order valence-electron chi connectivity index (χ1n) is 14.2. The molecule has 3 aromatic rings. The predicted molar refractivity (Wildman–Crippen MR) is 160 cm³/mol. The van der Waals surface area contributed by atoms with E-state index in [0.29, 0.717) is 12.4 Å². The second kappa shape index (κ2) is 13.8. The van der Waals surface area contributed by atoms with Crippen LogP contribution < -0.4 is 14.4 Å². The SMILES string of the molecule is CCOc1ccc(N(CC(=O)N(Cc2cccc(C)c2)C(C)C(=O)NC2CCCC2)S(=O)(=O)c2ccc(F)cc2)cc1. The minimum absolute atomic E-state index is 0.0649. The molecule has 1 fully saturated rings. The summed E-state index contributed by atoms with van der Waals surface area (Å²) in [5, 5.41) is 3.06. The maximum Gasteiger partial charge on any atom is 0.264 e. The Morgan fingerprint density at radius 2 is 1.69 bits per heavy atom. The van der Waals surface area contributed by atoms with Gasteiger partial charge in [0.1, 0.15) is 24.2 Å². The predicted octanol–water partition coefficient (Wildman–Crippen LogP) is 5.20. The zero-order valence-corrected chi connectivity index (χ0v) is 25.1. The Balaban J connectivity index is 1.69. The molecule has 1 aliphatic carbocycles. The first-order chi connectivity index (χ1) is 20.1. The number of amides is 2. The number of aryl methyl sites for hydroxylation is 1. The lowest BCUT2D eigenvalue weighted by Crippen LogP contribution is -2.52. The van der Waals surface area contributed by atoms with Gasteiger partial charge in [-0.1, -0.05) is 42.7 Å². The third-order valence-corrected chi connectivity index (χ3v) is 9.21. The monoisotopic (exact) mass is 595 g/mol. The number of hydrogen-bond acceptors (Lipinski definition) is 5. The van der Waals surface area contributed by atoms with E-state index < -0.39 is 34.3 Å². The molecule has 2 amide bonds. The molecule has 3 aromatic carbocycles. The van der Waals surface area contributed by atoms with Crippen molar-refractivity contribution in [2.24, 2.45) is 0 Å². The molecule has 1 N–H and O–H groups in total. The van der Waals surface area contributed by atoms with Gasteiger partial charge < -0.3 is 15.0 Å². The lowest BCUT2D eigenvalue weighted by molar-refractivity contribution is -0.139. The van der Waals surface area contributed by atoms with Crippen LogP contribution in [0.5, 0.6) is 5.75 Å². The Labute approximate surface area is 247 Å². The molecule has 1 saturated carbocycles. The minimum Gasteiger partial charge on any atom is -0.494 e. The molecular formula is C32H38FN3O5S. The van der Waals surface area contributed by atoms with Gasteiger partial charge in [0.15, 0.2) is 0 Å². The molecule has 0 aromatic heterocycles. The van der Waals surface area contributed by atoms with Crippen LogP contribution in [0, 0.1) is 12.7 Å². The van der Waals surface area contributed by atoms with Crippen molar-refractivity contribution in [2.45, 2.75) is 70.0 Å². The van der Waals surface area contributed by atoms with Crippen LogP contribution in [0.3, 0.4) is 0 Å². The summed E-state index contributed by atoms with van der Waals surface area (Å²) >= 11 is 0. The second-order valence-corrected chi connectivity index (χ2v) is 12.4. The van der Waals surface area contributed by atoms with Crippen LogP contribution in [-0.2, 0) is 26.2 Å². The number of hydrogen-bond donors (Lipinski definition) is 1. The van der Waals surface area contributed by atoms with Crippen molar-refractivity contribution in [1.29, 1.82) is 0 Å². The first-order valence-corrected chi connectivity index (χ1v) is 15.7. The van der Waals surface area contributed by atoms with E-state index >= 15 is 0 Å². The van der Waals surface area contributed by atoms with Gasteiger partial charge in [0.05, 0.1) is 17.2 Å². The highest BCUT2D eigenvalue weighted by Crippen LogP contribution is 2.27. The highest BCUT2D eigenvalue weighted by molar-refractivity contribution is 7.92. The Kier molecular flexibility index (Phi) is 10.2. The standard InChI is InChI=1S/C32H38FN3O5S/c1-4-41-29-16-14-28(15-17-29)36(42(39,40)30-18-12-26(33)13-19-30)22-31(37)35(21-25-9-7-8-23(2)20-25)24(3)32(38)34-27-10-5-6-11-27/h7-9,12-20,24,27H,4-6,10-11,21-22H2,1-3H3,(H,34,38). The number of nitrogens with zero attached hydrogens (tertiary/aromatic N) is 2. The zero-order valence-electron chi connectivity index (χ0n) is 24.3. The zero-order chi connectivity index (χ0) is 30.3. The molecule has 42 heavy (non-hydrogen) atoms. The van der Waals surface area contributed by atoms with Crippen molar-refractivity contribution in [3.63, 3.8) is 0 Å². The molecule has 1 atom stereocenters. The minimum atomic E-state index is -4.29. The number of ether oxygens (including phenoxy) is 1. The molecule has 0 saturated heterocycles. The summed E-state index contributed by atoms with van der Waals surface area (Å²) in [5.41, 5.74) is 2.05. The van der Waals surface area contributed by atoms with E-state index in [1.165, 1.54) is 17.0 Å². The highest BCUT2D eigenvalue weighted by Gasteiger charge is 2.33. The summed E-state index contributed by atoms with van der Waals surface area (Å²) in [4.78, 5) is 28.6. The topological polar surface area (TPSA) is 96.0 Å². The number of rotatable bonds is 12. The Bertz CT molecular complexity index is 1470. The van der Waals surface area contributed by atoms with Crippen molar-refractivity contribution in [3.8, 4) is 5.75 Å². The number of benzene rings is 3. The van der Waals surface area contributed by atoms with Gasteiger partial charge in [-0.05, 0) is 87.7 Å². The van der Waals surface area contributed by atoms with E-state index in [4.69, 9.17) is 4.74 Å². The van der Waals surface area contributed by atoms with Crippen LogP contribution in [0.1, 0.15) is 50.7 Å². The molecule has 0 bridgehead atoms. The van der Waals surface area contributed by atoms with Gasteiger partial charge >= 0.3 is 0 Å². The lowest BCUT2D eigenvalue weighted by atomic mass is 10.1. The summed E-state index contributed by atoms with van der Waals surface area (Å²) < 4.78 is 47.9. The normalized spacial score (nSPS) is 14.3. The van der Waals surface area contributed by atoms with Crippen molar-refractivity contribution >= 4 is 27.5 Å². The summed E-state index contributed by atoms with van der Waals surface area (Å²) in [6.07, 6.45) is 3.88. The third kappa shape index (κ3) is 7.67. The molecular weight excluding hydrogens is 557 g/mol. The van der Waals surface area contributed by atoms with Gasteiger partial charge in [-0.3, -0.25) is 13.9 Å². The molecule has 1 aliphatic rings. The fourth-order valence-electron chi connectivity index (χ4n) is 5.12. The van der Waals surface area contributed by atoms with Crippen molar-refractivity contribution in [2.75, 3.05) is 17.5 Å². The number of halogens is 1. The van der Waals surface area contributed by atoms with Crippen LogP contribution >= 0.6 is 0 Å². The number of carbonyl (C=O) groups excluding carboxylic acids is 2. The van der Waals surface area contributed by atoms with E-state index in [2.05, 4.69) is 5.32 Å². The molecule has 10 heteroatoms. The van der Waals surface area contributed by atoms with E-state index in [1.54, 1.807) is 31.2 Å². The summed E-state index contributed by atoms with van der Waals surface area (Å²) in [7, 11) is -4.29. The van der Waals surface area contributed by atoms with Crippen molar-refractivity contribution < 1.29 is 27.1 Å². The van der Waals surface area contributed by atoms with Crippen LogP contribution in [0.25, 0.3) is 0 Å². The van der Waals surface area contributed by atoms with E-state index in [9.17, 15) is 22.4 Å². The smallest absolute Gasteiger partial charge is 0.264 e. The Morgan fingerprint density at radius 3 is 2.31 bits per heavy atom. The van der Waals surface area contributed by atoms with Crippen molar-refractivity contribution in [3.05, 3.63) is 89.7 Å². The summed E-state index contributed by atoms with van der Waals surface area (Å²) in [5.74, 6) is -0.865. The third-order valence-electron chi connectivity index (χ3n) is 7.42. The number of nitrogens with one attached hydrogen (secondary N) is 1.